The van der Waals surface area contributed by atoms with Crippen LogP contribution in [0.15, 0.2) is 78.9 Å². The fourth-order valence-electron chi connectivity index (χ4n) is 4.10. The Morgan fingerprint density at radius 3 is 2.28 bits per heavy atom. The van der Waals surface area contributed by atoms with Gasteiger partial charge in [0, 0.05) is 6.61 Å². The molecule has 0 aromatic heterocycles. The van der Waals surface area contributed by atoms with Gasteiger partial charge in [-0.05, 0) is 47.9 Å². The Hall–Kier alpha value is -2.04. The summed E-state index contributed by atoms with van der Waals surface area (Å²) in [5.41, 5.74) is 7.69. The van der Waals surface area contributed by atoms with Gasteiger partial charge in [-0.1, -0.05) is 67.1 Å². The van der Waals surface area contributed by atoms with Crippen molar-refractivity contribution in [2.45, 2.75) is 38.7 Å². The van der Waals surface area contributed by atoms with Gasteiger partial charge in [0.15, 0.2) is 0 Å². The van der Waals surface area contributed by atoms with Crippen LogP contribution >= 0.6 is 0 Å². The average molecular weight is 374 g/mol. The molecule has 1 saturated heterocycles. The van der Waals surface area contributed by atoms with E-state index < -0.39 is 0 Å². The number of allylic oxidation sites excluding steroid dienone is 1. The molecule has 1 aliphatic rings. The first-order valence-corrected chi connectivity index (χ1v) is 10.3. The summed E-state index contributed by atoms with van der Waals surface area (Å²) < 4.78 is 5.97. The second kappa shape index (κ2) is 10.7. The summed E-state index contributed by atoms with van der Waals surface area (Å²) in [6, 6.07) is 31.3. The second-order valence-electron chi connectivity index (χ2n) is 7.34. The first kappa shape index (κ1) is 21.7. The van der Waals surface area contributed by atoms with Gasteiger partial charge in [-0.25, -0.2) is 0 Å². The molecule has 1 unspecified atom stereocenters. The fourth-order valence-corrected chi connectivity index (χ4v) is 4.10. The predicted molar refractivity (Wildman–Crippen MR) is 117 cm³/mol. The van der Waals surface area contributed by atoms with Crippen molar-refractivity contribution in [3.63, 3.8) is 0 Å². The van der Waals surface area contributed by atoms with Gasteiger partial charge in [0.25, 0.3) is 0 Å². The molecule has 29 heavy (non-hydrogen) atoms. The third kappa shape index (κ3) is 5.12. The first-order valence-electron chi connectivity index (χ1n) is 10.3. The summed E-state index contributed by atoms with van der Waals surface area (Å²) in [6.45, 7) is 3.12. The van der Waals surface area contributed by atoms with Crippen LogP contribution in [0.4, 0.5) is 0 Å². The van der Waals surface area contributed by atoms with E-state index in [1.54, 1.807) is 0 Å². The zero-order valence-electron chi connectivity index (χ0n) is 17.5. The summed E-state index contributed by atoms with van der Waals surface area (Å²) in [4.78, 5) is 0. The number of hydrogen-bond donors (Lipinski definition) is 0. The summed E-state index contributed by atoms with van der Waals surface area (Å²) >= 11 is 0. The van der Waals surface area contributed by atoms with Crippen LogP contribution in [0.5, 0.6) is 0 Å². The molecule has 2 heteroatoms. The zero-order chi connectivity index (χ0) is 19.2. The van der Waals surface area contributed by atoms with Crippen molar-refractivity contribution in [1.82, 2.24) is 0 Å². The van der Waals surface area contributed by atoms with E-state index in [0.717, 1.165) is 19.4 Å². The van der Waals surface area contributed by atoms with Crippen molar-refractivity contribution in [2.75, 3.05) is 6.61 Å². The molecule has 3 aromatic rings. The van der Waals surface area contributed by atoms with Gasteiger partial charge in [0.1, 0.15) is 0 Å². The number of rotatable bonds is 5. The van der Waals surface area contributed by atoms with Gasteiger partial charge in [0.2, 0.25) is 0 Å². The molecule has 0 saturated carbocycles. The van der Waals surface area contributed by atoms with Crippen molar-refractivity contribution < 1.29 is 23.6 Å². The average Bonchev–Trinajstić information content (AvgIpc) is 2.79. The summed E-state index contributed by atoms with van der Waals surface area (Å²) in [7, 11) is 0. The van der Waals surface area contributed by atoms with Gasteiger partial charge in [-0.3, -0.25) is 0 Å². The molecule has 0 spiro atoms. The Morgan fingerprint density at radius 2 is 1.66 bits per heavy atom. The van der Waals surface area contributed by atoms with E-state index >= 15 is 0 Å². The SMILES string of the molecule is CC/C(=C(/c1c[c-]ccc1)c1ccc(C2CCCCO2)cc1)c1ccccc1.[Li+]. The van der Waals surface area contributed by atoms with Crippen LogP contribution in [0.2, 0.25) is 0 Å². The van der Waals surface area contributed by atoms with E-state index in [2.05, 4.69) is 85.8 Å². The smallest absolute Gasteiger partial charge is 0.374 e. The van der Waals surface area contributed by atoms with Gasteiger partial charge >= 0.3 is 18.9 Å². The Labute approximate surface area is 187 Å². The molecule has 142 valence electrons. The number of ether oxygens (including phenoxy) is 1. The van der Waals surface area contributed by atoms with Crippen LogP contribution in [0.25, 0.3) is 11.1 Å². The van der Waals surface area contributed by atoms with Crippen LogP contribution in [0, 0.1) is 6.07 Å². The van der Waals surface area contributed by atoms with Gasteiger partial charge in [-0.2, -0.15) is 30.3 Å². The molecule has 1 aliphatic heterocycles. The predicted octanol–water partition coefficient (Wildman–Crippen LogP) is 4.10. The third-order valence-electron chi connectivity index (χ3n) is 5.52. The molecule has 0 N–H and O–H groups in total. The van der Waals surface area contributed by atoms with Crippen molar-refractivity contribution in [3.05, 3.63) is 107 Å². The second-order valence-corrected chi connectivity index (χ2v) is 7.34. The molecule has 3 aromatic carbocycles. The van der Waals surface area contributed by atoms with Crippen LogP contribution in [-0.4, -0.2) is 6.61 Å². The van der Waals surface area contributed by atoms with E-state index in [4.69, 9.17) is 4.74 Å². The van der Waals surface area contributed by atoms with Crippen molar-refractivity contribution in [1.29, 1.82) is 0 Å². The quantitative estimate of drug-likeness (QED) is 0.371. The third-order valence-corrected chi connectivity index (χ3v) is 5.52. The molecular weight excluding hydrogens is 347 g/mol. The topological polar surface area (TPSA) is 9.23 Å². The van der Waals surface area contributed by atoms with E-state index in [9.17, 15) is 0 Å². The maximum atomic E-state index is 5.97. The Balaban J connectivity index is 0.00000240. The Morgan fingerprint density at radius 1 is 0.897 bits per heavy atom. The van der Waals surface area contributed by atoms with Crippen molar-refractivity contribution in [2.24, 2.45) is 0 Å². The minimum atomic E-state index is 0. The molecular formula is C27H27LiO. The van der Waals surface area contributed by atoms with E-state index in [1.165, 1.54) is 46.2 Å². The molecule has 0 radical (unpaired) electrons. The number of benzene rings is 3. The maximum absolute atomic E-state index is 5.97. The fraction of sp³-hybridized carbons (Fsp3) is 0.259. The van der Waals surface area contributed by atoms with Crippen LogP contribution in [-0.2, 0) is 4.74 Å². The molecule has 1 heterocycles. The molecule has 0 amide bonds. The molecule has 1 atom stereocenters. The normalized spacial score (nSPS) is 17.2. The first-order chi connectivity index (χ1) is 13.9. The van der Waals surface area contributed by atoms with Crippen molar-refractivity contribution in [3.8, 4) is 0 Å². The minimum Gasteiger partial charge on any atom is -0.374 e. The van der Waals surface area contributed by atoms with Crippen molar-refractivity contribution >= 4 is 11.1 Å². The standard InChI is InChI=1S/C27H27O.Li/c1-2-25(21-11-5-3-6-12-21)27(23-13-7-4-8-14-23)24-18-16-22(17-19-24)26-15-9-10-20-28-26;/h3-7,11-14,16-19,26H,2,9-10,15,20H2,1H3;/q-1;+1/b27-25+;. The van der Waals surface area contributed by atoms with Gasteiger partial charge in [0.05, 0.1) is 6.10 Å². The van der Waals surface area contributed by atoms with Gasteiger partial charge in [-0.15, -0.1) is 5.56 Å². The largest absolute Gasteiger partial charge is 1.00 e. The molecule has 0 aliphatic carbocycles. The van der Waals surface area contributed by atoms with Crippen LogP contribution in [0.3, 0.4) is 0 Å². The molecule has 0 bridgehead atoms. The van der Waals surface area contributed by atoms with Crippen LogP contribution < -0.4 is 18.9 Å². The van der Waals surface area contributed by atoms with E-state index in [1.807, 2.05) is 6.07 Å². The van der Waals surface area contributed by atoms with E-state index in [0.29, 0.717) is 0 Å². The summed E-state index contributed by atoms with van der Waals surface area (Å²) in [6.07, 6.45) is 4.79. The molecule has 4 rings (SSSR count). The molecule has 1 fully saturated rings. The molecule has 1 nitrogen and oxygen atoms in total. The zero-order valence-corrected chi connectivity index (χ0v) is 17.5. The van der Waals surface area contributed by atoms with Gasteiger partial charge < -0.3 is 4.74 Å². The Kier molecular flexibility index (Phi) is 7.96. The monoisotopic (exact) mass is 374 g/mol. The summed E-state index contributed by atoms with van der Waals surface area (Å²) in [5.74, 6) is 0. The maximum Gasteiger partial charge on any atom is 1.00 e. The summed E-state index contributed by atoms with van der Waals surface area (Å²) in [5, 5.41) is 0. The number of hydrogen-bond acceptors (Lipinski definition) is 1. The van der Waals surface area contributed by atoms with E-state index in [-0.39, 0.29) is 25.0 Å². The minimum absolute atomic E-state index is 0. The van der Waals surface area contributed by atoms with Crippen LogP contribution in [0.1, 0.15) is 61.0 Å². The Bertz CT molecular complexity index is 908.